The Kier molecular flexibility index (Phi) is 9.65. The van der Waals surface area contributed by atoms with Gasteiger partial charge in [-0.15, -0.1) is 24.0 Å². The van der Waals surface area contributed by atoms with Gasteiger partial charge in [0.05, 0.1) is 6.54 Å². The van der Waals surface area contributed by atoms with E-state index in [9.17, 15) is 4.79 Å². The van der Waals surface area contributed by atoms with E-state index in [1.165, 1.54) is 6.42 Å². The van der Waals surface area contributed by atoms with Crippen molar-refractivity contribution >= 4 is 35.8 Å². The van der Waals surface area contributed by atoms with Crippen LogP contribution in [0.25, 0.3) is 0 Å². The molecule has 6 nitrogen and oxygen atoms in total. The van der Waals surface area contributed by atoms with Crippen LogP contribution in [-0.4, -0.2) is 73.5 Å². The maximum atomic E-state index is 11.6. The third-order valence-corrected chi connectivity index (χ3v) is 4.36. The van der Waals surface area contributed by atoms with Gasteiger partial charge in [-0.3, -0.25) is 14.7 Å². The molecule has 1 fully saturated rings. The summed E-state index contributed by atoms with van der Waals surface area (Å²) in [7, 11) is 0. The molecule has 1 amide bonds. The number of hydrogen-bond acceptors (Lipinski definition) is 3. The summed E-state index contributed by atoms with van der Waals surface area (Å²) in [6.45, 7) is 12.2. The lowest BCUT2D eigenvalue weighted by Crippen LogP contribution is -2.43. The molecule has 0 spiro atoms. The van der Waals surface area contributed by atoms with Gasteiger partial charge in [-0.2, -0.15) is 0 Å². The summed E-state index contributed by atoms with van der Waals surface area (Å²) in [6, 6.07) is 0.620. The molecule has 7 heteroatoms. The number of aliphatic imine (C=N–C) groups is 1. The van der Waals surface area contributed by atoms with Gasteiger partial charge < -0.3 is 15.5 Å². The number of halogens is 1. The van der Waals surface area contributed by atoms with Crippen molar-refractivity contribution in [3.05, 3.63) is 12.2 Å². The smallest absolute Gasteiger partial charge is 0.222 e. The van der Waals surface area contributed by atoms with Crippen molar-refractivity contribution in [3.8, 4) is 0 Å². The van der Waals surface area contributed by atoms with E-state index in [1.807, 2.05) is 13.8 Å². The number of carbonyl (C=O) groups is 1. The second kappa shape index (κ2) is 10.9. The summed E-state index contributed by atoms with van der Waals surface area (Å²) in [4.78, 5) is 21.1. The highest BCUT2D eigenvalue weighted by Gasteiger charge is 2.29. The normalized spacial score (nSPS) is 21.2. The highest BCUT2D eigenvalue weighted by atomic mass is 127. The number of carbonyl (C=O) groups excluding carboxylic acids is 1. The molecule has 2 rings (SSSR count). The minimum Gasteiger partial charge on any atom is -0.357 e. The molecule has 0 aliphatic carbocycles. The van der Waals surface area contributed by atoms with Crippen molar-refractivity contribution in [3.63, 3.8) is 0 Å². The number of nitrogens with one attached hydrogen (secondary N) is 2. The zero-order valence-corrected chi connectivity index (χ0v) is 17.5. The van der Waals surface area contributed by atoms with Gasteiger partial charge in [-0.1, -0.05) is 26.0 Å². The maximum Gasteiger partial charge on any atom is 0.222 e. The van der Waals surface area contributed by atoms with Crippen molar-refractivity contribution in [2.45, 2.75) is 33.2 Å². The minimum atomic E-state index is 0. The van der Waals surface area contributed by atoms with Gasteiger partial charge in [0, 0.05) is 51.2 Å². The van der Waals surface area contributed by atoms with Crippen LogP contribution in [0.15, 0.2) is 17.1 Å². The van der Waals surface area contributed by atoms with Gasteiger partial charge in [0.2, 0.25) is 5.91 Å². The summed E-state index contributed by atoms with van der Waals surface area (Å²) in [5, 5.41) is 6.29. The predicted octanol–water partition coefficient (Wildman–Crippen LogP) is 1.29. The summed E-state index contributed by atoms with van der Waals surface area (Å²) >= 11 is 0. The van der Waals surface area contributed by atoms with Crippen molar-refractivity contribution in [2.75, 3.05) is 45.8 Å². The molecule has 2 aliphatic rings. The molecule has 2 heterocycles. The summed E-state index contributed by atoms with van der Waals surface area (Å²) in [5.41, 5.74) is 0. The molecule has 2 N–H and O–H groups in total. The molecular weight excluding hydrogens is 417 g/mol. The second-order valence-corrected chi connectivity index (χ2v) is 6.50. The molecule has 0 saturated carbocycles. The predicted molar refractivity (Wildman–Crippen MR) is 110 cm³/mol. The van der Waals surface area contributed by atoms with Crippen LogP contribution in [-0.2, 0) is 4.79 Å². The Hall–Kier alpha value is -0.830. The first-order valence-electron chi connectivity index (χ1n) is 8.81. The zero-order chi connectivity index (χ0) is 16.7. The number of rotatable bonds is 6. The Balaban J connectivity index is 0.00000288. The summed E-state index contributed by atoms with van der Waals surface area (Å²) in [6.07, 6.45) is 5.69. The maximum absolute atomic E-state index is 11.6. The van der Waals surface area contributed by atoms with Crippen LogP contribution in [0, 0.1) is 5.92 Å². The monoisotopic (exact) mass is 449 g/mol. The molecule has 0 aromatic rings. The Morgan fingerprint density at radius 3 is 2.62 bits per heavy atom. The highest BCUT2D eigenvalue weighted by Crippen LogP contribution is 2.17. The molecule has 24 heavy (non-hydrogen) atoms. The number of nitrogens with zero attached hydrogens (tertiary/aromatic N) is 3. The van der Waals surface area contributed by atoms with Crippen LogP contribution in [0.5, 0.6) is 0 Å². The molecule has 138 valence electrons. The molecule has 0 aromatic heterocycles. The lowest BCUT2D eigenvalue weighted by atomic mass is 10.2. The second-order valence-electron chi connectivity index (χ2n) is 6.50. The Bertz CT molecular complexity index is 444. The summed E-state index contributed by atoms with van der Waals surface area (Å²) in [5.74, 6) is 1.09. The number of likely N-dealkylation sites (tertiary alicyclic amines) is 1. The van der Waals surface area contributed by atoms with E-state index in [0.29, 0.717) is 19.1 Å². The number of hydrogen-bond donors (Lipinski definition) is 2. The largest absolute Gasteiger partial charge is 0.357 e. The topological polar surface area (TPSA) is 60.0 Å². The first kappa shape index (κ1) is 21.2. The fraction of sp³-hybridized carbons (Fsp3) is 0.765. The van der Waals surface area contributed by atoms with Gasteiger partial charge in [-0.25, -0.2) is 0 Å². The van der Waals surface area contributed by atoms with Crippen LogP contribution >= 0.6 is 24.0 Å². The first-order chi connectivity index (χ1) is 11.1. The van der Waals surface area contributed by atoms with E-state index in [0.717, 1.165) is 38.7 Å². The van der Waals surface area contributed by atoms with Crippen LogP contribution in [0.3, 0.4) is 0 Å². The van der Waals surface area contributed by atoms with Crippen LogP contribution < -0.4 is 10.6 Å². The number of guanidine groups is 1. The fourth-order valence-electron chi connectivity index (χ4n) is 3.00. The van der Waals surface area contributed by atoms with E-state index >= 15 is 0 Å². The average molecular weight is 449 g/mol. The molecule has 0 aromatic carbocycles. The lowest BCUT2D eigenvalue weighted by molar-refractivity contribution is -0.123. The van der Waals surface area contributed by atoms with Crippen molar-refractivity contribution in [1.29, 1.82) is 0 Å². The van der Waals surface area contributed by atoms with Crippen LogP contribution in [0.4, 0.5) is 0 Å². The lowest BCUT2D eigenvalue weighted by Gasteiger charge is -2.25. The van der Waals surface area contributed by atoms with E-state index in [-0.39, 0.29) is 35.8 Å². The van der Waals surface area contributed by atoms with Crippen molar-refractivity contribution < 1.29 is 4.79 Å². The molecule has 0 radical (unpaired) electrons. The first-order valence-corrected chi connectivity index (χ1v) is 8.81. The zero-order valence-electron chi connectivity index (χ0n) is 15.1. The van der Waals surface area contributed by atoms with E-state index in [2.05, 4.69) is 44.5 Å². The SMILES string of the molecule is CCNC(=NCCNC(=O)C(C)C)N1CCC(N2CC=CC2)C1.I. The number of amides is 1. The van der Waals surface area contributed by atoms with Crippen LogP contribution in [0.1, 0.15) is 27.2 Å². The van der Waals surface area contributed by atoms with E-state index < -0.39 is 0 Å². The summed E-state index contributed by atoms with van der Waals surface area (Å²) < 4.78 is 0. The molecule has 1 unspecified atom stereocenters. The molecule has 2 aliphatic heterocycles. The Morgan fingerprint density at radius 2 is 2.00 bits per heavy atom. The van der Waals surface area contributed by atoms with Gasteiger partial charge in [0.25, 0.3) is 0 Å². The van der Waals surface area contributed by atoms with E-state index in [1.54, 1.807) is 0 Å². The van der Waals surface area contributed by atoms with Crippen molar-refractivity contribution in [2.24, 2.45) is 10.9 Å². The standard InChI is InChI=1S/C17H31N5O.HI/c1-4-18-17(20-9-8-19-16(23)14(2)3)22-12-7-15(13-22)21-10-5-6-11-21;/h5-6,14-15H,4,7-13H2,1-3H3,(H,18,20)(H,19,23);1H. The quantitative estimate of drug-likeness (QED) is 0.211. The fourth-order valence-corrected chi connectivity index (χ4v) is 3.00. The average Bonchev–Trinajstić information content (AvgIpc) is 3.20. The highest BCUT2D eigenvalue weighted by molar-refractivity contribution is 14.0. The molecule has 0 bridgehead atoms. The van der Waals surface area contributed by atoms with Gasteiger partial charge in [0.1, 0.15) is 0 Å². The van der Waals surface area contributed by atoms with Gasteiger partial charge in [0.15, 0.2) is 5.96 Å². The third kappa shape index (κ3) is 6.23. The van der Waals surface area contributed by atoms with Gasteiger partial charge in [-0.05, 0) is 13.3 Å². The van der Waals surface area contributed by atoms with Crippen molar-refractivity contribution in [1.82, 2.24) is 20.4 Å². The van der Waals surface area contributed by atoms with Crippen LogP contribution in [0.2, 0.25) is 0 Å². The van der Waals surface area contributed by atoms with E-state index in [4.69, 9.17) is 0 Å². The third-order valence-electron chi connectivity index (χ3n) is 4.36. The Labute approximate surface area is 163 Å². The molecule has 1 saturated heterocycles. The Morgan fingerprint density at radius 1 is 1.29 bits per heavy atom. The minimum absolute atomic E-state index is 0. The molecule has 1 atom stereocenters. The van der Waals surface area contributed by atoms with Gasteiger partial charge >= 0.3 is 0 Å². The molecular formula is C17H32IN5O.